The molecule has 28 heavy (non-hydrogen) atoms. The Hall–Kier alpha value is -2.63. The van der Waals surface area contributed by atoms with Gasteiger partial charge in [-0.25, -0.2) is 4.39 Å². The molecule has 0 aromatic heterocycles. The number of fused-ring (bicyclic) bond motifs is 1. The molecule has 0 spiro atoms. The van der Waals surface area contributed by atoms with Crippen LogP contribution in [-0.4, -0.2) is 48.4 Å². The van der Waals surface area contributed by atoms with Crippen molar-refractivity contribution in [3.63, 3.8) is 0 Å². The van der Waals surface area contributed by atoms with E-state index in [1.54, 1.807) is 31.4 Å². The number of ether oxygens (including phenoxy) is 1. The third-order valence-corrected chi connectivity index (χ3v) is 5.43. The third kappa shape index (κ3) is 3.32. The molecule has 0 aliphatic carbocycles. The number of aliphatic hydroxyl groups is 1. The predicted octanol–water partition coefficient (Wildman–Crippen LogP) is 4.32. The molecule has 1 fully saturated rings. The topological polar surface area (TPSA) is 49.8 Å². The Bertz CT molecular complexity index is 1050. The number of amides is 1. The van der Waals surface area contributed by atoms with Crippen molar-refractivity contribution in [1.82, 2.24) is 4.90 Å². The maximum atomic E-state index is 13.6. The second-order valence-electron chi connectivity index (χ2n) is 6.88. The lowest BCUT2D eigenvalue weighted by Crippen LogP contribution is -2.29. The summed E-state index contributed by atoms with van der Waals surface area (Å²) in [6, 6.07) is 16.6. The molecule has 4 rings (SSSR count). The van der Waals surface area contributed by atoms with Crippen LogP contribution in [0.3, 0.4) is 0 Å². The molecule has 0 saturated carbocycles. The monoisotopic (exact) mass is 399 g/mol. The smallest absolute Gasteiger partial charge is 0.254 e. The first-order chi connectivity index (χ1) is 13.5. The summed E-state index contributed by atoms with van der Waals surface area (Å²) in [6.45, 7) is -0.0744. The summed E-state index contributed by atoms with van der Waals surface area (Å²) in [5, 5.41) is 12.0. The molecular weight excluding hydrogens is 381 g/mol. The van der Waals surface area contributed by atoms with Gasteiger partial charge in [0.2, 0.25) is 0 Å². The lowest BCUT2D eigenvalue weighted by atomic mass is 9.96. The summed E-state index contributed by atoms with van der Waals surface area (Å²) < 4.78 is 18.9. The molecule has 1 aliphatic heterocycles. The first-order valence-corrected chi connectivity index (χ1v) is 9.34. The van der Waals surface area contributed by atoms with Crippen molar-refractivity contribution in [3.05, 3.63) is 65.2 Å². The van der Waals surface area contributed by atoms with Gasteiger partial charge in [-0.2, -0.15) is 0 Å². The zero-order chi connectivity index (χ0) is 19.8. The van der Waals surface area contributed by atoms with Crippen molar-refractivity contribution in [3.8, 4) is 16.9 Å². The number of hydrogen-bond donors (Lipinski definition) is 1. The highest BCUT2D eigenvalue weighted by Gasteiger charge is 2.34. The van der Waals surface area contributed by atoms with Gasteiger partial charge >= 0.3 is 0 Å². The Kier molecular flexibility index (Phi) is 4.96. The number of alkyl halides is 1. The second kappa shape index (κ2) is 7.41. The normalized spacial score (nSPS) is 19.2. The van der Waals surface area contributed by atoms with Crippen LogP contribution >= 0.6 is 11.6 Å². The van der Waals surface area contributed by atoms with E-state index in [0.29, 0.717) is 16.3 Å². The van der Waals surface area contributed by atoms with Crippen molar-refractivity contribution < 1.29 is 19.0 Å². The molecular formula is C22H19ClFNO3. The van der Waals surface area contributed by atoms with Gasteiger partial charge in [0, 0.05) is 22.7 Å². The van der Waals surface area contributed by atoms with Gasteiger partial charge < -0.3 is 14.7 Å². The number of aliphatic hydroxyl groups excluding tert-OH is 1. The van der Waals surface area contributed by atoms with E-state index >= 15 is 0 Å². The largest absolute Gasteiger partial charge is 0.497 e. The number of halogens is 2. The van der Waals surface area contributed by atoms with Crippen molar-refractivity contribution in [2.45, 2.75) is 12.3 Å². The van der Waals surface area contributed by atoms with E-state index in [-0.39, 0.29) is 19.0 Å². The highest BCUT2D eigenvalue weighted by Crippen LogP contribution is 2.36. The standard InChI is InChI=1S/C22H19ClFNO3/c1-28-15-6-8-19(23)18(10-15)17-4-2-3-13-9-14(5-7-16(13)17)22(27)25-11-20(24)21(26)12-25/h2-10,20-21,26H,11-12H2,1H3/t20-,21-/m1/s1. The maximum absolute atomic E-state index is 13.6. The number of benzene rings is 3. The van der Waals surface area contributed by atoms with Gasteiger partial charge in [0.15, 0.2) is 0 Å². The number of methoxy groups -OCH3 is 1. The van der Waals surface area contributed by atoms with E-state index in [2.05, 4.69) is 0 Å². The number of nitrogens with zero attached hydrogens (tertiary/aromatic N) is 1. The quantitative estimate of drug-likeness (QED) is 0.713. The van der Waals surface area contributed by atoms with Gasteiger partial charge in [0.25, 0.3) is 5.91 Å². The minimum absolute atomic E-state index is 0.0114. The lowest BCUT2D eigenvalue weighted by Gasteiger charge is -2.16. The molecule has 1 N–H and O–H groups in total. The minimum atomic E-state index is -1.40. The number of carbonyl (C=O) groups is 1. The van der Waals surface area contributed by atoms with Crippen molar-refractivity contribution in [1.29, 1.82) is 0 Å². The number of hydrogen-bond acceptors (Lipinski definition) is 3. The summed E-state index contributed by atoms with van der Waals surface area (Å²) in [5.41, 5.74) is 2.23. The van der Waals surface area contributed by atoms with Crippen molar-refractivity contribution in [2.75, 3.05) is 20.2 Å². The molecule has 3 aromatic rings. The van der Waals surface area contributed by atoms with Crippen LogP contribution in [0.5, 0.6) is 5.75 Å². The van der Waals surface area contributed by atoms with Gasteiger partial charge in [0.1, 0.15) is 18.0 Å². The van der Waals surface area contributed by atoms with Crippen LogP contribution in [0, 0.1) is 0 Å². The van der Waals surface area contributed by atoms with Gasteiger partial charge in [-0.1, -0.05) is 35.9 Å². The Morgan fingerprint density at radius 3 is 2.68 bits per heavy atom. The molecule has 6 heteroatoms. The number of carbonyl (C=O) groups excluding carboxylic acids is 1. The zero-order valence-corrected chi connectivity index (χ0v) is 16.0. The maximum Gasteiger partial charge on any atom is 0.254 e. The summed E-state index contributed by atoms with van der Waals surface area (Å²) in [4.78, 5) is 14.0. The summed E-state index contributed by atoms with van der Waals surface area (Å²) >= 11 is 6.41. The van der Waals surface area contributed by atoms with Crippen LogP contribution in [0.1, 0.15) is 10.4 Å². The van der Waals surface area contributed by atoms with E-state index < -0.39 is 12.3 Å². The zero-order valence-electron chi connectivity index (χ0n) is 15.2. The summed E-state index contributed by atoms with van der Waals surface area (Å²) in [5.74, 6) is 0.419. The van der Waals surface area contributed by atoms with E-state index in [9.17, 15) is 14.3 Å². The van der Waals surface area contributed by atoms with Gasteiger partial charge in [-0.3, -0.25) is 4.79 Å². The van der Waals surface area contributed by atoms with Gasteiger partial charge in [-0.05, 0) is 46.7 Å². The van der Waals surface area contributed by atoms with E-state index in [1.807, 2.05) is 30.3 Å². The van der Waals surface area contributed by atoms with Crippen LogP contribution in [0.25, 0.3) is 21.9 Å². The number of rotatable bonds is 3. The summed E-state index contributed by atoms with van der Waals surface area (Å²) in [7, 11) is 1.60. The average Bonchev–Trinajstić information content (AvgIpc) is 3.05. The third-order valence-electron chi connectivity index (χ3n) is 5.10. The lowest BCUT2D eigenvalue weighted by molar-refractivity contribution is 0.0764. The number of likely N-dealkylation sites (tertiary alicyclic amines) is 1. The fourth-order valence-electron chi connectivity index (χ4n) is 3.58. The number of β-amino-alcohol motifs (C(OH)–C–C–N with tert-alkyl or cyclic N) is 1. The van der Waals surface area contributed by atoms with E-state index in [0.717, 1.165) is 21.9 Å². The molecule has 3 aromatic carbocycles. The van der Waals surface area contributed by atoms with Crippen molar-refractivity contribution in [2.24, 2.45) is 0 Å². The van der Waals surface area contributed by atoms with Crippen LogP contribution in [0.2, 0.25) is 5.02 Å². The van der Waals surface area contributed by atoms with Gasteiger partial charge in [-0.15, -0.1) is 0 Å². The fourth-order valence-corrected chi connectivity index (χ4v) is 3.80. The first-order valence-electron chi connectivity index (χ1n) is 8.96. The Morgan fingerprint density at radius 2 is 1.96 bits per heavy atom. The molecule has 1 aliphatic rings. The molecule has 1 amide bonds. The SMILES string of the molecule is COc1ccc(Cl)c(-c2cccc3cc(C(=O)N4C[C@@H](O)[C@H](F)C4)ccc23)c1. The molecule has 2 atom stereocenters. The van der Waals surface area contributed by atoms with Crippen LogP contribution < -0.4 is 4.74 Å². The van der Waals surface area contributed by atoms with Gasteiger partial charge in [0.05, 0.1) is 13.7 Å². The Balaban J connectivity index is 1.74. The Morgan fingerprint density at radius 1 is 1.14 bits per heavy atom. The molecule has 144 valence electrons. The average molecular weight is 400 g/mol. The van der Waals surface area contributed by atoms with E-state index in [1.165, 1.54) is 4.90 Å². The highest BCUT2D eigenvalue weighted by molar-refractivity contribution is 6.33. The fraction of sp³-hybridized carbons (Fsp3) is 0.227. The first kappa shape index (κ1) is 18.7. The van der Waals surface area contributed by atoms with E-state index in [4.69, 9.17) is 16.3 Å². The Labute approximate surface area is 167 Å². The molecule has 1 heterocycles. The molecule has 1 saturated heterocycles. The minimum Gasteiger partial charge on any atom is -0.497 e. The van der Waals surface area contributed by atoms with Crippen molar-refractivity contribution >= 4 is 28.3 Å². The van der Waals surface area contributed by atoms with Crippen LogP contribution in [0.15, 0.2) is 54.6 Å². The van der Waals surface area contributed by atoms with Crippen LogP contribution in [-0.2, 0) is 0 Å². The predicted molar refractivity (Wildman–Crippen MR) is 108 cm³/mol. The molecule has 0 radical (unpaired) electrons. The summed E-state index contributed by atoms with van der Waals surface area (Å²) in [6.07, 6.45) is -2.52. The molecule has 4 nitrogen and oxygen atoms in total. The molecule has 0 unspecified atom stereocenters. The molecule has 0 bridgehead atoms. The van der Waals surface area contributed by atoms with Crippen LogP contribution in [0.4, 0.5) is 4.39 Å². The highest BCUT2D eigenvalue weighted by atomic mass is 35.5. The second-order valence-corrected chi connectivity index (χ2v) is 7.29.